The number of hydrogen-bond acceptors (Lipinski definition) is 8. The number of halogens is 1. The number of ether oxygens (including phenoxy) is 2. The second-order valence-corrected chi connectivity index (χ2v) is 10.1. The van der Waals surface area contributed by atoms with Gasteiger partial charge in [0, 0.05) is 29.0 Å². The number of aliphatic imine (C=N–C) groups is 1. The molecule has 2 aliphatic heterocycles. The Labute approximate surface area is 225 Å². The Hall–Kier alpha value is -3.69. The molecule has 0 saturated carbocycles. The SMILES string of the molecule is COC1=CC(OC)=C(Cl)C(=c2cc3c(n4cnnc24)=NC(Nc2ccc(C4CCNCC4)c(C)c2)=NC3)C1. The number of nitrogens with zero attached hydrogens (tertiary/aromatic N) is 5. The maximum Gasteiger partial charge on any atom is 0.224 e. The van der Waals surface area contributed by atoms with E-state index in [0.29, 0.717) is 41.3 Å². The molecule has 0 spiro atoms. The third-order valence-electron chi connectivity index (χ3n) is 7.47. The molecule has 0 radical (unpaired) electrons. The van der Waals surface area contributed by atoms with E-state index >= 15 is 0 Å². The first-order chi connectivity index (χ1) is 18.6. The lowest BCUT2D eigenvalue weighted by Gasteiger charge is -2.25. The Bertz CT molecular complexity index is 1630. The summed E-state index contributed by atoms with van der Waals surface area (Å²) >= 11 is 6.74. The molecular weight excluding hydrogens is 502 g/mol. The first kappa shape index (κ1) is 24.6. The number of allylic oxidation sites excluding steroid dienone is 3. The monoisotopic (exact) mass is 531 g/mol. The summed E-state index contributed by atoms with van der Waals surface area (Å²) in [4.78, 5) is 9.58. The maximum atomic E-state index is 6.74. The molecule has 1 saturated heterocycles. The van der Waals surface area contributed by atoms with Crippen molar-refractivity contribution in [1.29, 1.82) is 0 Å². The fourth-order valence-electron chi connectivity index (χ4n) is 5.49. The van der Waals surface area contributed by atoms with Gasteiger partial charge in [0.1, 0.15) is 23.3 Å². The van der Waals surface area contributed by atoms with Gasteiger partial charge in [-0.15, -0.1) is 10.2 Å². The number of pyridine rings is 1. The molecule has 1 aliphatic carbocycles. The van der Waals surface area contributed by atoms with E-state index in [2.05, 4.69) is 46.0 Å². The van der Waals surface area contributed by atoms with E-state index < -0.39 is 0 Å². The summed E-state index contributed by atoms with van der Waals surface area (Å²) in [7, 11) is 3.23. The second-order valence-electron chi connectivity index (χ2n) is 9.76. The second kappa shape index (κ2) is 10.2. The van der Waals surface area contributed by atoms with Crippen LogP contribution in [0.15, 0.2) is 63.2 Å². The van der Waals surface area contributed by atoms with E-state index in [-0.39, 0.29) is 0 Å². The number of nitrogens with one attached hydrogen (secondary N) is 2. The van der Waals surface area contributed by atoms with E-state index in [9.17, 15) is 0 Å². The summed E-state index contributed by atoms with van der Waals surface area (Å²) in [6.07, 6.45) is 6.36. The van der Waals surface area contributed by atoms with Gasteiger partial charge in [0.15, 0.2) is 5.65 Å². The van der Waals surface area contributed by atoms with Gasteiger partial charge in [-0.3, -0.25) is 4.40 Å². The number of aryl methyl sites for hydroxylation is 1. The van der Waals surface area contributed by atoms with Crippen molar-refractivity contribution in [2.24, 2.45) is 9.98 Å². The molecule has 0 bridgehead atoms. The lowest BCUT2D eigenvalue weighted by atomic mass is 9.87. The standard InChI is InChI=1S/C28H30ClN7O2/c1-16-10-19(4-5-21(16)17-6-8-30-9-7-17)33-28-31-14-18-11-23(27-35-32-15-36(27)26(18)34-28)22-12-20(37-2)13-24(38-3)25(22)29/h4-5,10-11,13,15,17,30H,6-9,12,14H2,1-3H3,(H,31,33). The fourth-order valence-corrected chi connectivity index (χ4v) is 5.79. The first-order valence-electron chi connectivity index (χ1n) is 12.8. The van der Waals surface area contributed by atoms with Crippen LogP contribution in [0.4, 0.5) is 5.69 Å². The minimum absolute atomic E-state index is 0.465. The van der Waals surface area contributed by atoms with Gasteiger partial charge in [-0.1, -0.05) is 17.7 Å². The highest BCUT2D eigenvalue weighted by atomic mass is 35.5. The molecule has 0 unspecified atom stereocenters. The van der Waals surface area contributed by atoms with E-state index in [1.54, 1.807) is 20.5 Å². The van der Waals surface area contributed by atoms with Crippen molar-refractivity contribution in [3.05, 3.63) is 80.6 Å². The number of methoxy groups -OCH3 is 2. The van der Waals surface area contributed by atoms with Crippen molar-refractivity contribution in [3.63, 3.8) is 0 Å². The van der Waals surface area contributed by atoms with Gasteiger partial charge in [0.25, 0.3) is 0 Å². The molecule has 4 heterocycles. The lowest BCUT2D eigenvalue weighted by molar-refractivity contribution is 0.267. The molecule has 0 amide bonds. The minimum atomic E-state index is 0.465. The number of fused-ring (bicyclic) bond motifs is 3. The zero-order valence-electron chi connectivity index (χ0n) is 21.7. The molecule has 0 atom stereocenters. The molecular formula is C28H30ClN7O2. The zero-order chi connectivity index (χ0) is 26.2. The van der Waals surface area contributed by atoms with Crippen LogP contribution in [0.25, 0.3) is 11.2 Å². The summed E-state index contributed by atoms with van der Waals surface area (Å²) in [5, 5.41) is 16.8. The summed E-state index contributed by atoms with van der Waals surface area (Å²) in [5.41, 5.74) is 6.93. The average molecular weight is 532 g/mol. The van der Waals surface area contributed by atoms with Crippen LogP contribution in [0.3, 0.4) is 0 Å². The third kappa shape index (κ3) is 4.46. The third-order valence-corrected chi connectivity index (χ3v) is 7.88. The van der Waals surface area contributed by atoms with Crippen molar-refractivity contribution in [2.75, 3.05) is 32.6 Å². The molecule has 10 heteroatoms. The molecule has 196 valence electrons. The number of hydrogen-bond donors (Lipinski definition) is 2. The van der Waals surface area contributed by atoms with Crippen LogP contribution in [-0.2, 0) is 16.0 Å². The molecule has 2 aromatic heterocycles. The first-order valence-corrected chi connectivity index (χ1v) is 13.2. The number of rotatable bonds is 4. The number of piperidine rings is 1. The summed E-state index contributed by atoms with van der Waals surface area (Å²) < 4.78 is 12.9. The van der Waals surface area contributed by atoms with Crippen molar-refractivity contribution in [2.45, 2.75) is 38.6 Å². The Morgan fingerprint density at radius 1 is 1.13 bits per heavy atom. The highest BCUT2D eigenvalue weighted by Crippen LogP contribution is 2.33. The van der Waals surface area contributed by atoms with Crippen molar-refractivity contribution in [3.8, 4) is 0 Å². The smallest absolute Gasteiger partial charge is 0.224 e. The largest absolute Gasteiger partial charge is 0.501 e. The molecule has 3 aliphatic rings. The molecule has 1 aromatic carbocycles. The quantitative estimate of drug-likeness (QED) is 0.536. The average Bonchev–Trinajstić information content (AvgIpc) is 3.44. The fraction of sp³-hybridized carbons (Fsp3) is 0.357. The number of guanidine groups is 1. The lowest BCUT2D eigenvalue weighted by Crippen LogP contribution is -2.31. The predicted molar refractivity (Wildman–Crippen MR) is 148 cm³/mol. The van der Waals surface area contributed by atoms with Crippen LogP contribution in [-0.4, -0.2) is 47.9 Å². The minimum Gasteiger partial charge on any atom is -0.501 e. The Morgan fingerprint density at radius 3 is 2.74 bits per heavy atom. The zero-order valence-corrected chi connectivity index (χ0v) is 22.5. The Kier molecular flexibility index (Phi) is 6.63. The maximum absolute atomic E-state index is 6.74. The van der Waals surface area contributed by atoms with Gasteiger partial charge >= 0.3 is 0 Å². The van der Waals surface area contributed by atoms with Crippen LogP contribution in [0.1, 0.15) is 41.9 Å². The van der Waals surface area contributed by atoms with E-state index in [1.165, 1.54) is 24.0 Å². The van der Waals surface area contributed by atoms with Crippen molar-refractivity contribution >= 4 is 34.5 Å². The molecule has 2 N–H and O–H groups in total. The highest BCUT2D eigenvalue weighted by Gasteiger charge is 2.22. The van der Waals surface area contributed by atoms with Crippen molar-refractivity contribution < 1.29 is 9.47 Å². The van der Waals surface area contributed by atoms with E-state index in [4.69, 9.17) is 31.1 Å². The topological polar surface area (TPSA) is 97.4 Å². The number of benzene rings is 1. The van der Waals surface area contributed by atoms with Gasteiger partial charge < -0.3 is 20.1 Å². The van der Waals surface area contributed by atoms with E-state index in [1.807, 2.05) is 16.5 Å². The number of aromatic nitrogens is 3. The van der Waals surface area contributed by atoms with Gasteiger partial charge in [0.05, 0.1) is 25.8 Å². The van der Waals surface area contributed by atoms with Crippen LogP contribution in [0.2, 0.25) is 0 Å². The van der Waals surface area contributed by atoms with Gasteiger partial charge in [-0.25, -0.2) is 4.99 Å². The van der Waals surface area contributed by atoms with Crippen LogP contribution in [0.5, 0.6) is 0 Å². The summed E-state index contributed by atoms with van der Waals surface area (Å²) in [6, 6.07) is 8.60. The van der Waals surface area contributed by atoms with E-state index in [0.717, 1.165) is 46.4 Å². The molecule has 3 aromatic rings. The van der Waals surface area contributed by atoms with Crippen molar-refractivity contribution in [1.82, 2.24) is 19.9 Å². The normalized spacial score (nSPS) is 19.5. The van der Waals surface area contributed by atoms with Gasteiger partial charge in [0.2, 0.25) is 5.96 Å². The molecule has 6 rings (SSSR count). The Morgan fingerprint density at radius 2 is 1.97 bits per heavy atom. The number of anilines is 1. The van der Waals surface area contributed by atoms with Crippen LogP contribution >= 0.6 is 11.6 Å². The molecule has 38 heavy (non-hydrogen) atoms. The molecule has 9 nitrogen and oxygen atoms in total. The van der Waals surface area contributed by atoms with Gasteiger partial charge in [-0.05, 0) is 73.7 Å². The van der Waals surface area contributed by atoms with Crippen LogP contribution < -0.4 is 21.3 Å². The highest BCUT2D eigenvalue weighted by molar-refractivity contribution is 6.36. The predicted octanol–water partition coefficient (Wildman–Crippen LogP) is 3.29. The molecule has 1 fully saturated rings. The Balaban J connectivity index is 1.36. The summed E-state index contributed by atoms with van der Waals surface area (Å²) in [5.74, 6) is 2.48. The summed E-state index contributed by atoms with van der Waals surface area (Å²) in [6.45, 7) is 4.81. The van der Waals surface area contributed by atoms with Crippen LogP contribution in [0, 0.1) is 6.92 Å². The van der Waals surface area contributed by atoms with Gasteiger partial charge in [-0.2, -0.15) is 4.99 Å².